The Hall–Kier alpha value is -3.04. The van der Waals surface area contributed by atoms with E-state index in [0.29, 0.717) is 42.1 Å². The summed E-state index contributed by atoms with van der Waals surface area (Å²) in [7, 11) is 1.52. The molecule has 2 amide bonds. The van der Waals surface area contributed by atoms with Gasteiger partial charge >= 0.3 is 6.03 Å². The fourth-order valence-corrected chi connectivity index (χ4v) is 4.68. The molecule has 0 unspecified atom stereocenters. The molecule has 0 radical (unpaired) electrons. The number of hydrogen-bond acceptors (Lipinski definition) is 6. The van der Waals surface area contributed by atoms with Gasteiger partial charge in [0.25, 0.3) is 0 Å². The second-order valence-corrected chi connectivity index (χ2v) is 8.37. The van der Waals surface area contributed by atoms with Gasteiger partial charge in [-0.15, -0.1) is 0 Å². The maximum absolute atomic E-state index is 14.4. The number of hydrogen-bond donors (Lipinski definition) is 2. The van der Waals surface area contributed by atoms with Gasteiger partial charge in [-0.05, 0) is 59.8 Å². The molecule has 3 aromatic rings. The number of likely N-dealkylation sites (tertiary alicyclic amines) is 1. The molecule has 2 N–H and O–H groups in total. The number of benzene rings is 2. The quantitative estimate of drug-likeness (QED) is 0.629. The number of halogens is 1. The second-order valence-electron chi connectivity index (χ2n) is 7.59. The minimum Gasteiger partial charge on any atom is -0.495 e. The Morgan fingerprint density at radius 1 is 1.35 bits per heavy atom. The topological polar surface area (TPSA) is 87.6 Å². The SMILES string of the molecule is COc1ccc(CO)cc1NC(=O)N1CC[C@@](c2ccc(C)c(F)c2)(c2ncns2)C1. The summed E-state index contributed by atoms with van der Waals surface area (Å²) >= 11 is 1.26. The molecule has 1 aliphatic heterocycles. The Labute approximate surface area is 183 Å². The van der Waals surface area contributed by atoms with E-state index < -0.39 is 5.41 Å². The average molecular weight is 443 g/mol. The molecule has 2 heterocycles. The van der Waals surface area contributed by atoms with Crippen LogP contribution in [-0.4, -0.2) is 45.6 Å². The van der Waals surface area contributed by atoms with E-state index in [1.54, 1.807) is 36.1 Å². The van der Waals surface area contributed by atoms with Crippen molar-refractivity contribution in [1.82, 2.24) is 14.3 Å². The monoisotopic (exact) mass is 442 g/mol. The van der Waals surface area contributed by atoms with Crippen molar-refractivity contribution in [3.8, 4) is 5.75 Å². The van der Waals surface area contributed by atoms with Crippen LogP contribution in [0, 0.1) is 12.7 Å². The summed E-state index contributed by atoms with van der Waals surface area (Å²) in [5.41, 5.74) is 1.87. The summed E-state index contributed by atoms with van der Waals surface area (Å²) in [4.78, 5) is 19.2. The molecule has 0 aliphatic carbocycles. The van der Waals surface area contributed by atoms with Crippen LogP contribution >= 0.6 is 11.5 Å². The van der Waals surface area contributed by atoms with Gasteiger partial charge in [0, 0.05) is 13.1 Å². The van der Waals surface area contributed by atoms with E-state index in [1.165, 1.54) is 31.0 Å². The summed E-state index contributed by atoms with van der Waals surface area (Å²) in [5.74, 6) is 0.218. The molecule has 0 saturated carbocycles. The predicted octanol–water partition coefficient (Wildman–Crippen LogP) is 3.71. The number of aliphatic hydroxyl groups is 1. The number of nitrogens with zero attached hydrogens (tertiary/aromatic N) is 3. The predicted molar refractivity (Wildman–Crippen MR) is 116 cm³/mol. The first kappa shape index (κ1) is 21.2. The van der Waals surface area contributed by atoms with Crippen LogP contribution in [0.5, 0.6) is 5.75 Å². The Kier molecular flexibility index (Phi) is 5.88. The van der Waals surface area contributed by atoms with Crippen LogP contribution in [0.25, 0.3) is 0 Å². The maximum atomic E-state index is 14.4. The zero-order valence-electron chi connectivity index (χ0n) is 17.3. The average Bonchev–Trinajstić information content (AvgIpc) is 3.46. The molecule has 1 aliphatic rings. The highest BCUT2D eigenvalue weighted by molar-refractivity contribution is 7.05. The Morgan fingerprint density at radius 3 is 2.87 bits per heavy atom. The van der Waals surface area contributed by atoms with E-state index in [4.69, 9.17) is 4.74 Å². The number of amides is 2. The molecule has 162 valence electrons. The number of urea groups is 1. The lowest BCUT2D eigenvalue weighted by atomic mass is 9.80. The summed E-state index contributed by atoms with van der Waals surface area (Å²) in [6, 6.07) is 10.00. The molecule has 0 bridgehead atoms. The Balaban J connectivity index is 1.62. The van der Waals surface area contributed by atoms with Gasteiger partial charge in [0.1, 0.15) is 22.9 Å². The number of methoxy groups -OCH3 is 1. The van der Waals surface area contributed by atoms with Crippen molar-refractivity contribution in [3.05, 3.63) is 70.2 Å². The van der Waals surface area contributed by atoms with Crippen molar-refractivity contribution in [2.45, 2.75) is 25.4 Å². The number of rotatable bonds is 5. The van der Waals surface area contributed by atoms with Gasteiger partial charge in [-0.25, -0.2) is 14.2 Å². The number of aromatic nitrogens is 2. The zero-order valence-corrected chi connectivity index (χ0v) is 18.1. The molecule has 0 spiro atoms. The van der Waals surface area contributed by atoms with E-state index in [9.17, 15) is 14.3 Å². The third-order valence-electron chi connectivity index (χ3n) is 5.74. The van der Waals surface area contributed by atoms with Crippen LogP contribution in [0.4, 0.5) is 14.9 Å². The lowest BCUT2D eigenvalue weighted by Gasteiger charge is -2.28. The molecular weight excluding hydrogens is 419 g/mol. The minimum atomic E-state index is -0.621. The Morgan fingerprint density at radius 2 is 2.19 bits per heavy atom. The van der Waals surface area contributed by atoms with Gasteiger partial charge in [0.05, 0.1) is 24.8 Å². The fourth-order valence-electron chi connectivity index (χ4n) is 3.94. The largest absolute Gasteiger partial charge is 0.495 e. The number of aryl methyl sites for hydroxylation is 1. The molecule has 1 fully saturated rings. The van der Waals surface area contributed by atoms with E-state index >= 15 is 0 Å². The lowest BCUT2D eigenvalue weighted by Crippen LogP contribution is -2.37. The minimum absolute atomic E-state index is 0.143. The van der Waals surface area contributed by atoms with E-state index in [0.717, 1.165) is 10.6 Å². The first-order valence-corrected chi connectivity index (χ1v) is 10.6. The highest BCUT2D eigenvalue weighted by atomic mass is 32.1. The molecule has 9 heteroatoms. The van der Waals surface area contributed by atoms with Gasteiger partial charge in [-0.1, -0.05) is 18.2 Å². The van der Waals surface area contributed by atoms with Crippen molar-refractivity contribution >= 4 is 23.3 Å². The molecule has 1 atom stereocenters. The van der Waals surface area contributed by atoms with Crippen molar-refractivity contribution in [2.75, 3.05) is 25.5 Å². The highest BCUT2D eigenvalue weighted by Crippen LogP contribution is 2.42. The number of carbonyl (C=O) groups excluding carboxylic acids is 1. The summed E-state index contributed by atoms with van der Waals surface area (Å²) < 4.78 is 23.8. The highest BCUT2D eigenvalue weighted by Gasteiger charge is 2.45. The Bertz CT molecular complexity index is 1090. The maximum Gasteiger partial charge on any atom is 0.321 e. The molecule has 7 nitrogen and oxygen atoms in total. The summed E-state index contributed by atoms with van der Waals surface area (Å²) in [6.07, 6.45) is 2.09. The van der Waals surface area contributed by atoms with Crippen LogP contribution in [0.15, 0.2) is 42.7 Å². The van der Waals surface area contributed by atoms with Gasteiger partial charge in [0.2, 0.25) is 0 Å². The summed E-state index contributed by atoms with van der Waals surface area (Å²) in [5, 5.41) is 13.0. The van der Waals surface area contributed by atoms with Crippen LogP contribution in [-0.2, 0) is 12.0 Å². The van der Waals surface area contributed by atoms with Gasteiger partial charge in [-0.2, -0.15) is 4.37 Å². The zero-order chi connectivity index (χ0) is 22.0. The lowest BCUT2D eigenvalue weighted by molar-refractivity contribution is 0.220. The number of carbonyl (C=O) groups is 1. The standard InChI is InChI=1S/C22H23FN4O3S/c1-14-3-5-16(10-17(14)23)22(20-24-13-25-31-20)7-8-27(12-22)21(29)26-18-9-15(11-28)4-6-19(18)30-2/h3-6,9-10,13,28H,7-8,11-12H2,1-2H3,(H,26,29)/t22-/m1/s1. The van der Waals surface area contributed by atoms with E-state index in [1.807, 2.05) is 6.07 Å². The van der Waals surface area contributed by atoms with E-state index in [-0.39, 0.29) is 18.5 Å². The van der Waals surface area contributed by atoms with Crippen LogP contribution < -0.4 is 10.1 Å². The van der Waals surface area contributed by atoms with E-state index in [2.05, 4.69) is 14.7 Å². The van der Waals surface area contributed by atoms with Crippen LogP contribution in [0.2, 0.25) is 0 Å². The van der Waals surface area contributed by atoms with Crippen LogP contribution in [0.3, 0.4) is 0 Å². The molecule has 2 aromatic carbocycles. The van der Waals surface area contributed by atoms with Crippen molar-refractivity contribution in [1.29, 1.82) is 0 Å². The van der Waals surface area contributed by atoms with Crippen molar-refractivity contribution in [2.24, 2.45) is 0 Å². The molecule has 1 saturated heterocycles. The molecule has 4 rings (SSSR count). The molecule has 31 heavy (non-hydrogen) atoms. The smallest absolute Gasteiger partial charge is 0.321 e. The van der Waals surface area contributed by atoms with Gasteiger partial charge in [-0.3, -0.25) is 0 Å². The first-order chi connectivity index (χ1) is 15.0. The summed E-state index contributed by atoms with van der Waals surface area (Å²) in [6.45, 7) is 2.40. The number of ether oxygens (including phenoxy) is 1. The third-order valence-corrected chi connectivity index (χ3v) is 6.61. The number of aliphatic hydroxyl groups excluding tert-OH is 1. The number of anilines is 1. The fraction of sp³-hybridized carbons (Fsp3) is 0.318. The van der Waals surface area contributed by atoms with Crippen molar-refractivity contribution < 1.29 is 19.0 Å². The van der Waals surface area contributed by atoms with Crippen LogP contribution in [0.1, 0.15) is 28.1 Å². The van der Waals surface area contributed by atoms with Crippen molar-refractivity contribution in [3.63, 3.8) is 0 Å². The first-order valence-electron chi connectivity index (χ1n) is 9.84. The third kappa shape index (κ3) is 3.98. The van der Waals surface area contributed by atoms with Gasteiger partial charge in [0.15, 0.2) is 0 Å². The normalized spacial score (nSPS) is 18.3. The number of nitrogens with one attached hydrogen (secondary N) is 1. The van der Waals surface area contributed by atoms with Gasteiger partial charge < -0.3 is 20.1 Å². The second kappa shape index (κ2) is 8.60. The molecule has 1 aromatic heterocycles. The molecular formula is C22H23FN4O3S.